The molecule has 1 aromatic heterocycles. The molecule has 0 radical (unpaired) electrons. The average Bonchev–Trinajstić information content (AvgIpc) is 2.95. The standard InChI is InChI=1S/C14H22N2O4/c1-4-10(8-17)15-14(19)12(9(2)3)16-13(18)11-6-5-7-20-11/h5-7,9-10,12,17H,4,8H2,1-3H3,(H,15,19)(H,16,18). The number of hydrogen-bond donors (Lipinski definition) is 3. The van der Waals surface area contributed by atoms with Crippen LogP contribution in [0.2, 0.25) is 0 Å². The van der Waals surface area contributed by atoms with E-state index in [0.717, 1.165) is 0 Å². The minimum absolute atomic E-state index is 0.0786. The molecule has 2 atom stereocenters. The second-order valence-corrected chi connectivity index (χ2v) is 4.97. The van der Waals surface area contributed by atoms with E-state index in [9.17, 15) is 9.59 Å². The van der Waals surface area contributed by atoms with Crippen molar-refractivity contribution in [2.24, 2.45) is 5.92 Å². The molecule has 6 heteroatoms. The Morgan fingerprint density at radius 1 is 1.35 bits per heavy atom. The van der Waals surface area contributed by atoms with Crippen LogP contribution < -0.4 is 10.6 Å². The predicted molar refractivity (Wildman–Crippen MR) is 74.1 cm³/mol. The number of amides is 2. The highest BCUT2D eigenvalue weighted by Crippen LogP contribution is 2.06. The summed E-state index contributed by atoms with van der Waals surface area (Å²) in [6.07, 6.45) is 2.03. The summed E-state index contributed by atoms with van der Waals surface area (Å²) in [6.45, 7) is 5.42. The lowest BCUT2D eigenvalue weighted by Crippen LogP contribution is -2.52. The summed E-state index contributed by atoms with van der Waals surface area (Å²) in [4.78, 5) is 24.1. The van der Waals surface area contributed by atoms with Gasteiger partial charge in [-0.05, 0) is 24.5 Å². The molecule has 0 saturated carbocycles. The molecule has 2 unspecified atom stereocenters. The van der Waals surface area contributed by atoms with E-state index < -0.39 is 11.9 Å². The molecule has 0 bridgehead atoms. The summed E-state index contributed by atoms with van der Waals surface area (Å²) in [6, 6.07) is 2.17. The molecule has 0 spiro atoms. The van der Waals surface area contributed by atoms with Gasteiger partial charge in [0.25, 0.3) is 5.91 Å². The molecule has 1 heterocycles. The first-order valence-corrected chi connectivity index (χ1v) is 6.75. The van der Waals surface area contributed by atoms with Crippen LogP contribution in [0.3, 0.4) is 0 Å². The van der Waals surface area contributed by atoms with Crippen molar-refractivity contribution in [3.63, 3.8) is 0 Å². The number of aliphatic hydroxyl groups excluding tert-OH is 1. The van der Waals surface area contributed by atoms with Crippen LogP contribution in [0.4, 0.5) is 0 Å². The fourth-order valence-electron chi connectivity index (χ4n) is 1.72. The van der Waals surface area contributed by atoms with Crippen molar-refractivity contribution < 1.29 is 19.1 Å². The normalized spacial score (nSPS) is 13.8. The third-order valence-corrected chi connectivity index (χ3v) is 3.04. The zero-order chi connectivity index (χ0) is 15.1. The predicted octanol–water partition coefficient (Wildman–Crippen LogP) is 0.921. The van der Waals surface area contributed by atoms with E-state index in [1.54, 1.807) is 6.07 Å². The topological polar surface area (TPSA) is 91.6 Å². The Labute approximate surface area is 118 Å². The molecule has 6 nitrogen and oxygen atoms in total. The van der Waals surface area contributed by atoms with Crippen molar-refractivity contribution >= 4 is 11.8 Å². The number of carbonyl (C=O) groups excluding carboxylic acids is 2. The fourth-order valence-corrected chi connectivity index (χ4v) is 1.72. The Morgan fingerprint density at radius 2 is 2.05 bits per heavy atom. The molecule has 0 saturated heterocycles. The van der Waals surface area contributed by atoms with Gasteiger partial charge in [0.1, 0.15) is 6.04 Å². The highest BCUT2D eigenvalue weighted by atomic mass is 16.3. The highest BCUT2D eigenvalue weighted by molar-refractivity contribution is 5.95. The summed E-state index contributed by atoms with van der Waals surface area (Å²) in [5.74, 6) is -0.649. The van der Waals surface area contributed by atoms with Gasteiger partial charge >= 0.3 is 0 Å². The van der Waals surface area contributed by atoms with Crippen molar-refractivity contribution in [1.82, 2.24) is 10.6 Å². The Balaban J connectivity index is 2.69. The Kier molecular flexibility index (Phi) is 6.24. The molecular weight excluding hydrogens is 260 g/mol. The lowest BCUT2D eigenvalue weighted by atomic mass is 10.0. The number of aliphatic hydroxyl groups is 1. The van der Waals surface area contributed by atoms with Crippen molar-refractivity contribution in [3.8, 4) is 0 Å². The number of furan rings is 1. The van der Waals surface area contributed by atoms with Gasteiger partial charge in [0.05, 0.1) is 18.9 Å². The summed E-state index contributed by atoms with van der Waals surface area (Å²) in [5, 5.41) is 14.5. The van der Waals surface area contributed by atoms with Crippen LogP contribution in [0, 0.1) is 5.92 Å². The van der Waals surface area contributed by atoms with Crippen molar-refractivity contribution in [2.45, 2.75) is 39.3 Å². The van der Waals surface area contributed by atoms with Crippen LogP contribution in [-0.2, 0) is 4.79 Å². The molecule has 0 aliphatic rings. The monoisotopic (exact) mass is 282 g/mol. The zero-order valence-electron chi connectivity index (χ0n) is 12.1. The van der Waals surface area contributed by atoms with Crippen LogP contribution in [0.1, 0.15) is 37.7 Å². The number of rotatable bonds is 7. The molecule has 3 N–H and O–H groups in total. The molecule has 112 valence electrons. The molecule has 0 fully saturated rings. The molecule has 0 aliphatic carbocycles. The van der Waals surface area contributed by atoms with Crippen molar-refractivity contribution in [3.05, 3.63) is 24.2 Å². The second-order valence-electron chi connectivity index (χ2n) is 4.97. The van der Waals surface area contributed by atoms with Gasteiger partial charge in [-0.3, -0.25) is 9.59 Å². The molecule has 1 rings (SSSR count). The van der Waals surface area contributed by atoms with Crippen molar-refractivity contribution in [1.29, 1.82) is 0 Å². The highest BCUT2D eigenvalue weighted by Gasteiger charge is 2.26. The summed E-state index contributed by atoms with van der Waals surface area (Å²) in [5.41, 5.74) is 0. The van der Waals surface area contributed by atoms with E-state index in [2.05, 4.69) is 10.6 Å². The third kappa shape index (κ3) is 4.38. The van der Waals surface area contributed by atoms with E-state index in [1.165, 1.54) is 12.3 Å². The Morgan fingerprint density at radius 3 is 2.50 bits per heavy atom. The smallest absolute Gasteiger partial charge is 0.287 e. The maximum absolute atomic E-state index is 12.2. The quantitative estimate of drug-likeness (QED) is 0.693. The maximum atomic E-state index is 12.2. The summed E-state index contributed by atoms with van der Waals surface area (Å²) in [7, 11) is 0. The molecule has 1 aromatic rings. The first-order chi connectivity index (χ1) is 9.49. The molecule has 0 aromatic carbocycles. The average molecular weight is 282 g/mol. The van der Waals surface area contributed by atoms with Crippen LogP contribution >= 0.6 is 0 Å². The van der Waals surface area contributed by atoms with Gasteiger partial charge in [-0.25, -0.2) is 0 Å². The maximum Gasteiger partial charge on any atom is 0.287 e. The lowest BCUT2D eigenvalue weighted by Gasteiger charge is -2.23. The van der Waals surface area contributed by atoms with Crippen LogP contribution in [0.25, 0.3) is 0 Å². The first kappa shape index (κ1) is 16.2. The minimum Gasteiger partial charge on any atom is -0.459 e. The Hall–Kier alpha value is -1.82. The lowest BCUT2D eigenvalue weighted by molar-refractivity contribution is -0.125. The summed E-state index contributed by atoms with van der Waals surface area (Å²) >= 11 is 0. The van der Waals surface area contributed by atoms with E-state index in [0.29, 0.717) is 6.42 Å². The fraction of sp³-hybridized carbons (Fsp3) is 0.571. The van der Waals surface area contributed by atoms with Gasteiger partial charge in [-0.1, -0.05) is 20.8 Å². The van der Waals surface area contributed by atoms with Crippen LogP contribution in [0.5, 0.6) is 0 Å². The number of nitrogens with one attached hydrogen (secondary N) is 2. The Bertz CT molecular complexity index is 424. The van der Waals surface area contributed by atoms with Crippen LogP contribution in [0.15, 0.2) is 22.8 Å². The molecular formula is C14H22N2O4. The van der Waals surface area contributed by atoms with E-state index in [-0.39, 0.29) is 30.2 Å². The zero-order valence-corrected chi connectivity index (χ0v) is 12.1. The van der Waals surface area contributed by atoms with Gasteiger partial charge in [0.15, 0.2) is 5.76 Å². The third-order valence-electron chi connectivity index (χ3n) is 3.04. The van der Waals surface area contributed by atoms with Crippen LogP contribution in [-0.4, -0.2) is 35.6 Å². The van der Waals surface area contributed by atoms with Gasteiger partial charge in [0, 0.05) is 0 Å². The summed E-state index contributed by atoms with van der Waals surface area (Å²) < 4.78 is 5.00. The van der Waals surface area contributed by atoms with E-state index >= 15 is 0 Å². The largest absolute Gasteiger partial charge is 0.459 e. The van der Waals surface area contributed by atoms with Gasteiger partial charge in [0.2, 0.25) is 5.91 Å². The van der Waals surface area contributed by atoms with Gasteiger partial charge < -0.3 is 20.2 Å². The van der Waals surface area contributed by atoms with E-state index in [1.807, 2.05) is 20.8 Å². The van der Waals surface area contributed by atoms with Gasteiger partial charge in [-0.15, -0.1) is 0 Å². The minimum atomic E-state index is -0.673. The second kappa shape index (κ2) is 7.69. The SMILES string of the molecule is CCC(CO)NC(=O)C(NC(=O)c1ccco1)C(C)C. The number of carbonyl (C=O) groups is 2. The van der Waals surface area contributed by atoms with E-state index in [4.69, 9.17) is 9.52 Å². The molecule has 20 heavy (non-hydrogen) atoms. The van der Waals surface area contributed by atoms with Gasteiger partial charge in [-0.2, -0.15) is 0 Å². The first-order valence-electron chi connectivity index (χ1n) is 6.75. The van der Waals surface area contributed by atoms with Crippen molar-refractivity contribution in [2.75, 3.05) is 6.61 Å². The molecule has 0 aliphatic heterocycles. The molecule has 2 amide bonds. The number of hydrogen-bond acceptors (Lipinski definition) is 4.